The quantitative estimate of drug-likeness (QED) is 0.720. The summed E-state index contributed by atoms with van der Waals surface area (Å²) in [6, 6.07) is 17.0. The van der Waals surface area contributed by atoms with Crippen molar-refractivity contribution in [1.82, 2.24) is 20.4 Å². The number of hydrogen-bond donors (Lipinski definition) is 2. The number of hydrogen-bond acceptors (Lipinski definition) is 3. The standard InChI is InChI=1S/C22H22N4O2/c1-15(27)24-20-13-17-7-2-3-9-19(17)21(20)25-22(28)18-8-4-6-16(12-18)14-26-11-5-10-23-26/h2-12,20-21H,13-14H2,1H3,(H,24,27)(H,25,28)/t20-,21-/m1/s1. The van der Waals surface area contributed by atoms with E-state index in [9.17, 15) is 9.59 Å². The van der Waals surface area contributed by atoms with Crippen LogP contribution in [0.15, 0.2) is 67.0 Å². The molecule has 0 saturated carbocycles. The minimum atomic E-state index is -0.248. The van der Waals surface area contributed by atoms with Gasteiger partial charge >= 0.3 is 0 Å². The minimum absolute atomic E-state index is 0.0988. The molecule has 2 aromatic carbocycles. The van der Waals surface area contributed by atoms with Crippen LogP contribution in [0.4, 0.5) is 0 Å². The molecular weight excluding hydrogens is 352 g/mol. The number of amides is 2. The molecule has 2 amide bonds. The van der Waals surface area contributed by atoms with E-state index in [1.165, 1.54) is 6.92 Å². The predicted octanol–water partition coefficient (Wildman–Crippen LogP) is 2.46. The van der Waals surface area contributed by atoms with Crippen molar-refractivity contribution in [2.45, 2.75) is 32.0 Å². The molecule has 1 aliphatic carbocycles. The van der Waals surface area contributed by atoms with Gasteiger partial charge in [0.15, 0.2) is 0 Å². The van der Waals surface area contributed by atoms with Gasteiger partial charge in [0.05, 0.1) is 18.6 Å². The summed E-state index contributed by atoms with van der Waals surface area (Å²) in [6.07, 6.45) is 4.33. The summed E-state index contributed by atoms with van der Waals surface area (Å²) < 4.78 is 1.82. The molecule has 0 spiro atoms. The van der Waals surface area contributed by atoms with Crippen LogP contribution in [-0.2, 0) is 17.8 Å². The molecule has 2 atom stereocenters. The first-order valence-corrected chi connectivity index (χ1v) is 9.32. The SMILES string of the molecule is CC(=O)N[C@@H]1Cc2ccccc2[C@H]1NC(=O)c1cccc(Cn2cccn2)c1. The van der Waals surface area contributed by atoms with Crippen LogP contribution in [0.2, 0.25) is 0 Å². The zero-order chi connectivity index (χ0) is 19.5. The topological polar surface area (TPSA) is 76.0 Å². The monoisotopic (exact) mass is 374 g/mol. The number of benzene rings is 2. The molecule has 0 aliphatic heterocycles. The lowest BCUT2D eigenvalue weighted by Gasteiger charge is -2.22. The molecule has 0 unspecified atom stereocenters. The van der Waals surface area contributed by atoms with E-state index in [1.807, 2.05) is 59.4 Å². The number of fused-ring (bicyclic) bond motifs is 1. The number of aromatic nitrogens is 2. The third-order valence-electron chi connectivity index (χ3n) is 5.00. The van der Waals surface area contributed by atoms with Crippen LogP contribution in [-0.4, -0.2) is 27.6 Å². The number of rotatable bonds is 5. The molecule has 28 heavy (non-hydrogen) atoms. The van der Waals surface area contributed by atoms with Gasteiger partial charge in [0.2, 0.25) is 5.91 Å². The van der Waals surface area contributed by atoms with Gasteiger partial charge in [-0.15, -0.1) is 0 Å². The van der Waals surface area contributed by atoms with Crippen LogP contribution in [0.5, 0.6) is 0 Å². The van der Waals surface area contributed by atoms with E-state index in [4.69, 9.17) is 0 Å². The zero-order valence-electron chi connectivity index (χ0n) is 15.6. The Morgan fingerprint density at radius 2 is 1.96 bits per heavy atom. The van der Waals surface area contributed by atoms with Gasteiger partial charge in [-0.25, -0.2) is 0 Å². The van der Waals surface area contributed by atoms with Crippen molar-refractivity contribution in [3.8, 4) is 0 Å². The molecular formula is C22H22N4O2. The molecule has 6 heteroatoms. The van der Waals surface area contributed by atoms with Crippen LogP contribution < -0.4 is 10.6 Å². The van der Waals surface area contributed by atoms with Crippen molar-refractivity contribution in [2.24, 2.45) is 0 Å². The Kier molecular flexibility index (Phi) is 4.93. The summed E-state index contributed by atoms with van der Waals surface area (Å²) in [4.78, 5) is 24.6. The van der Waals surface area contributed by atoms with Crippen molar-refractivity contribution < 1.29 is 9.59 Å². The molecule has 142 valence electrons. The van der Waals surface area contributed by atoms with Crippen LogP contribution in [0, 0.1) is 0 Å². The second-order valence-electron chi connectivity index (χ2n) is 7.07. The van der Waals surface area contributed by atoms with Crippen LogP contribution in [0.25, 0.3) is 0 Å². The van der Waals surface area contributed by atoms with Gasteiger partial charge in [-0.2, -0.15) is 5.10 Å². The molecule has 0 bridgehead atoms. The van der Waals surface area contributed by atoms with Crippen molar-refractivity contribution >= 4 is 11.8 Å². The maximum absolute atomic E-state index is 13.0. The van der Waals surface area contributed by atoms with E-state index < -0.39 is 0 Å². The lowest BCUT2D eigenvalue weighted by Crippen LogP contribution is -2.43. The highest BCUT2D eigenvalue weighted by molar-refractivity contribution is 5.94. The lowest BCUT2D eigenvalue weighted by molar-refractivity contribution is -0.119. The molecule has 0 fully saturated rings. The minimum Gasteiger partial charge on any atom is -0.351 e. The summed E-state index contributed by atoms with van der Waals surface area (Å²) in [5.74, 6) is -0.252. The molecule has 3 aromatic rings. The Hall–Kier alpha value is -3.41. The highest BCUT2D eigenvalue weighted by Crippen LogP contribution is 2.31. The van der Waals surface area contributed by atoms with Gasteiger partial charge in [-0.1, -0.05) is 36.4 Å². The van der Waals surface area contributed by atoms with Crippen LogP contribution in [0.1, 0.15) is 40.0 Å². The Balaban J connectivity index is 1.54. The Labute approximate surface area is 163 Å². The van der Waals surface area contributed by atoms with Crippen LogP contribution in [0.3, 0.4) is 0 Å². The predicted molar refractivity (Wildman–Crippen MR) is 106 cm³/mol. The highest BCUT2D eigenvalue weighted by Gasteiger charge is 2.34. The van der Waals surface area contributed by atoms with Crippen molar-refractivity contribution in [3.05, 3.63) is 89.2 Å². The first-order chi connectivity index (χ1) is 13.6. The van der Waals surface area contributed by atoms with Crippen LogP contribution >= 0.6 is 0 Å². The Morgan fingerprint density at radius 3 is 2.75 bits per heavy atom. The normalized spacial score (nSPS) is 17.8. The molecule has 0 radical (unpaired) electrons. The molecule has 1 heterocycles. The second kappa shape index (κ2) is 7.68. The third-order valence-corrected chi connectivity index (χ3v) is 5.00. The highest BCUT2D eigenvalue weighted by atomic mass is 16.2. The molecule has 1 aliphatic rings. The van der Waals surface area contributed by atoms with Gasteiger partial charge in [-0.05, 0) is 41.3 Å². The van der Waals surface area contributed by atoms with E-state index in [0.717, 1.165) is 16.7 Å². The summed E-state index contributed by atoms with van der Waals surface area (Å²) >= 11 is 0. The van der Waals surface area contributed by atoms with E-state index >= 15 is 0 Å². The summed E-state index contributed by atoms with van der Waals surface area (Å²) in [5.41, 5.74) is 3.80. The summed E-state index contributed by atoms with van der Waals surface area (Å²) in [6.45, 7) is 2.11. The number of nitrogens with one attached hydrogen (secondary N) is 2. The fraction of sp³-hybridized carbons (Fsp3) is 0.227. The summed E-state index contributed by atoms with van der Waals surface area (Å²) in [7, 11) is 0. The largest absolute Gasteiger partial charge is 0.351 e. The fourth-order valence-electron chi connectivity index (χ4n) is 3.79. The lowest BCUT2D eigenvalue weighted by atomic mass is 10.1. The van der Waals surface area contributed by atoms with E-state index in [0.29, 0.717) is 18.5 Å². The van der Waals surface area contributed by atoms with Gasteiger partial charge in [0.25, 0.3) is 5.91 Å². The molecule has 4 rings (SSSR count). The number of nitrogens with zero attached hydrogens (tertiary/aromatic N) is 2. The van der Waals surface area contributed by atoms with Crippen molar-refractivity contribution in [3.63, 3.8) is 0 Å². The first-order valence-electron chi connectivity index (χ1n) is 9.32. The van der Waals surface area contributed by atoms with E-state index in [1.54, 1.807) is 12.3 Å². The average molecular weight is 374 g/mol. The Morgan fingerprint density at radius 1 is 1.11 bits per heavy atom. The maximum atomic E-state index is 13.0. The average Bonchev–Trinajstić information content (AvgIpc) is 3.30. The fourth-order valence-corrected chi connectivity index (χ4v) is 3.79. The molecule has 1 aromatic heterocycles. The van der Waals surface area contributed by atoms with Gasteiger partial charge in [0.1, 0.15) is 0 Å². The van der Waals surface area contributed by atoms with E-state index in [-0.39, 0.29) is 23.9 Å². The second-order valence-corrected chi connectivity index (χ2v) is 7.07. The summed E-state index contributed by atoms with van der Waals surface area (Å²) in [5, 5.41) is 10.3. The number of carbonyl (C=O) groups excluding carboxylic acids is 2. The Bertz CT molecular complexity index is 997. The maximum Gasteiger partial charge on any atom is 0.251 e. The first kappa shape index (κ1) is 18.0. The molecule has 0 saturated heterocycles. The van der Waals surface area contributed by atoms with Gasteiger partial charge in [-0.3, -0.25) is 14.3 Å². The van der Waals surface area contributed by atoms with E-state index in [2.05, 4.69) is 15.7 Å². The number of carbonyl (C=O) groups is 2. The smallest absolute Gasteiger partial charge is 0.251 e. The third kappa shape index (κ3) is 3.81. The van der Waals surface area contributed by atoms with Crippen molar-refractivity contribution in [2.75, 3.05) is 0 Å². The van der Waals surface area contributed by atoms with Gasteiger partial charge < -0.3 is 10.6 Å². The molecule has 6 nitrogen and oxygen atoms in total. The molecule has 2 N–H and O–H groups in total. The van der Waals surface area contributed by atoms with Crippen molar-refractivity contribution in [1.29, 1.82) is 0 Å². The zero-order valence-corrected chi connectivity index (χ0v) is 15.6. The van der Waals surface area contributed by atoms with Gasteiger partial charge in [0, 0.05) is 24.9 Å².